The maximum absolute atomic E-state index is 13.6. The first-order valence-electron chi connectivity index (χ1n) is 11.8. The van der Waals surface area contributed by atoms with Crippen molar-refractivity contribution in [2.24, 2.45) is 0 Å². The lowest BCUT2D eigenvalue weighted by Gasteiger charge is -2.37. The Bertz CT molecular complexity index is 1290. The van der Waals surface area contributed by atoms with Crippen LogP contribution in [0, 0.1) is 12.7 Å². The van der Waals surface area contributed by atoms with E-state index in [9.17, 15) is 17.6 Å². The number of piperazine rings is 1. The molecule has 0 spiro atoms. The van der Waals surface area contributed by atoms with Crippen LogP contribution in [0.4, 0.5) is 10.1 Å². The highest BCUT2D eigenvalue weighted by molar-refractivity contribution is 7.89. The Hall–Kier alpha value is -3.43. The summed E-state index contributed by atoms with van der Waals surface area (Å²) < 4.78 is 47.7. The second-order valence-corrected chi connectivity index (χ2v) is 10.5. The van der Waals surface area contributed by atoms with Crippen LogP contribution in [0.5, 0.6) is 5.75 Å². The molecule has 1 aliphatic rings. The third-order valence-electron chi connectivity index (χ3n) is 6.34. The Kier molecular flexibility index (Phi) is 7.91. The minimum absolute atomic E-state index is 0.0767. The van der Waals surface area contributed by atoms with Gasteiger partial charge in [-0.15, -0.1) is 0 Å². The van der Waals surface area contributed by atoms with E-state index in [-0.39, 0.29) is 23.0 Å². The molecule has 9 heteroatoms. The fraction of sp³-hybridized carbons (Fsp3) is 0.296. The number of carbonyl (C=O) groups is 1. The summed E-state index contributed by atoms with van der Waals surface area (Å²) in [5, 5.41) is 0. The molecular formula is C27H30FN3O4S. The first-order valence-corrected chi connectivity index (χ1v) is 13.3. The predicted molar refractivity (Wildman–Crippen MR) is 137 cm³/mol. The van der Waals surface area contributed by atoms with Crippen LogP contribution in [0.1, 0.15) is 11.1 Å². The molecule has 1 amide bonds. The lowest BCUT2D eigenvalue weighted by Crippen LogP contribution is -2.55. The molecule has 190 valence electrons. The third kappa shape index (κ3) is 6.03. The molecule has 0 bridgehead atoms. The molecule has 1 heterocycles. The molecule has 0 unspecified atom stereocenters. The van der Waals surface area contributed by atoms with E-state index in [1.165, 1.54) is 31.4 Å². The van der Waals surface area contributed by atoms with Crippen molar-refractivity contribution in [2.45, 2.75) is 24.3 Å². The molecule has 1 aliphatic heterocycles. The number of nitrogens with one attached hydrogen (secondary N) is 1. The highest BCUT2D eigenvalue weighted by Crippen LogP contribution is 2.22. The quantitative estimate of drug-likeness (QED) is 0.502. The molecule has 1 atom stereocenters. The van der Waals surface area contributed by atoms with Gasteiger partial charge in [-0.3, -0.25) is 4.79 Å². The summed E-state index contributed by atoms with van der Waals surface area (Å²) in [7, 11) is -2.44. The smallest absolute Gasteiger partial charge is 0.241 e. The van der Waals surface area contributed by atoms with Gasteiger partial charge >= 0.3 is 0 Å². The van der Waals surface area contributed by atoms with Crippen LogP contribution < -0.4 is 14.4 Å². The van der Waals surface area contributed by atoms with Crippen LogP contribution in [-0.2, 0) is 21.2 Å². The second kappa shape index (κ2) is 11.1. The highest BCUT2D eigenvalue weighted by Gasteiger charge is 2.31. The van der Waals surface area contributed by atoms with E-state index in [1.807, 2.05) is 30.3 Å². The number of methoxy groups -OCH3 is 1. The Labute approximate surface area is 211 Å². The summed E-state index contributed by atoms with van der Waals surface area (Å²) in [4.78, 5) is 17.4. The molecule has 7 nitrogen and oxygen atoms in total. The molecule has 0 saturated carbocycles. The fourth-order valence-corrected chi connectivity index (χ4v) is 5.63. The first-order chi connectivity index (χ1) is 17.3. The van der Waals surface area contributed by atoms with E-state index in [1.54, 1.807) is 30.0 Å². The average molecular weight is 512 g/mol. The van der Waals surface area contributed by atoms with Crippen molar-refractivity contribution in [3.63, 3.8) is 0 Å². The number of rotatable bonds is 8. The second-order valence-electron chi connectivity index (χ2n) is 8.78. The number of nitrogens with zero attached hydrogens (tertiary/aromatic N) is 2. The number of carbonyl (C=O) groups excluding carboxylic acids is 1. The van der Waals surface area contributed by atoms with Gasteiger partial charge in [0.1, 0.15) is 17.6 Å². The summed E-state index contributed by atoms with van der Waals surface area (Å²) in [5.74, 6) is 0.0203. The van der Waals surface area contributed by atoms with E-state index < -0.39 is 16.1 Å². The number of halogens is 1. The SMILES string of the molecule is COc1ccc(S(=O)(=O)N[C@H](Cc2ccccc2)C(=O)N2CCN(c3ccc(F)cc3)CC2)cc1C. The van der Waals surface area contributed by atoms with Crippen LogP contribution in [0.2, 0.25) is 0 Å². The number of ether oxygens (including phenoxy) is 1. The normalized spacial score (nSPS) is 15.0. The largest absolute Gasteiger partial charge is 0.496 e. The summed E-state index contributed by atoms with van der Waals surface area (Å²) in [5.41, 5.74) is 2.43. The van der Waals surface area contributed by atoms with Gasteiger partial charge in [-0.05, 0) is 66.9 Å². The summed E-state index contributed by atoms with van der Waals surface area (Å²) in [6.45, 7) is 3.78. The van der Waals surface area contributed by atoms with Crippen molar-refractivity contribution in [1.82, 2.24) is 9.62 Å². The number of sulfonamides is 1. The van der Waals surface area contributed by atoms with Gasteiger partial charge in [0.25, 0.3) is 0 Å². The van der Waals surface area contributed by atoms with Crippen molar-refractivity contribution < 1.29 is 22.3 Å². The van der Waals surface area contributed by atoms with Gasteiger partial charge < -0.3 is 14.5 Å². The number of anilines is 1. The third-order valence-corrected chi connectivity index (χ3v) is 7.81. The van der Waals surface area contributed by atoms with Crippen molar-refractivity contribution in [1.29, 1.82) is 0 Å². The van der Waals surface area contributed by atoms with Gasteiger partial charge in [0, 0.05) is 31.9 Å². The van der Waals surface area contributed by atoms with Gasteiger partial charge in [0.2, 0.25) is 15.9 Å². The topological polar surface area (TPSA) is 78.9 Å². The molecular weight excluding hydrogens is 481 g/mol. The summed E-state index contributed by atoms with van der Waals surface area (Å²) >= 11 is 0. The van der Waals surface area contributed by atoms with Crippen LogP contribution in [0.15, 0.2) is 77.7 Å². The molecule has 1 N–H and O–H groups in total. The zero-order chi connectivity index (χ0) is 25.7. The van der Waals surface area contributed by atoms with E-state index in [4.69, 9.17) is 4.74 Å². The highest BCUT2D eigenvalue weighted by atomic mass is 32.2. The molecule has 1 fully saturated rings. The first kappa shape index (κ1) is 25.7. The maximum Gasteiger partial charge on any atom is 0.241 e. The van der Waals surface area contributed by atoms with E-state index in [0.29, 0.717) is 37.5 Å². The van der Waals surface area contributed by atoms with Crippen molar-refractivity contribution in [3.8, 4) is 5.75 Å². The molecule has 4 rings (SSSR count). The predicted octanol–water partition coefficient (Wildman–Crippen LogP) is 3.38. The lowest BCUT2D eigenvalue weighted by molar-refractivity contribution is -0.133. The fourth-order valence-electron chi connectivity index (χ4n) is 4.36. The van der Waals surface area contributed by atoms with Crippen LogP contribution in [0.3, 0.4) is 0 Å². The van der Waals surface area contributed by atoms with Crippen molar-refractivity contribution >= 4 is 21.6 Å². The van der Waals surface area contributed by atoms with Crippen LogP contribution in [0.25, 0.3) is 0 Å². The molecule has 0 aliphatic carbocycles. The van der Waals surface area contributed by atoms with E-state index in [0.717, 1.165) is 11.3 Å². The summed E-state index contributed by atoms with van der Waals surface area (Å²) in [6.07, 6.45) is 0.228. The molecule has 0 aromatic heterocycles. The minimum atomic E-state index is -3.97. The van der Waals surface area contributed by atoms with Gasteiger partial charge in [-0.2, -0.15) is 4.72 Å². The average Bonchev–Trinajstić information content (AvgIpc) is 2.89. The molecule has 1 saturated heterocycles. The molecule has 3 aromatic carbocycles. The molecule has 0 radical (unpaired) electrons. The lowest BCUT2D eigenvalue weighted by atomic mass is 10.1. The number of aryl methyl sites for hydroxylation is 1. The monoisotopic (exact) mass is 511 g/mol. The van der Waals surface area contributed by atoms with Gasteiger partial charge in [-0.1, -0.05) is 30.3 Å². The maximum atomic E-state index is 13.6. The van der Waals surface area contributed by atoms with Gasteiger partial charge in [0.15, 0.2) is 0 Å². The van der Waals surface area contributed by atoms with E-state index >= 15 is 0 Å². The number of amides is 1. The Morgan fingerprint density at radius 1 is 1.00 bits per heavy atom. The van der Waals surface area contributed by atoms with Crippen molar-refractivity contribution in [3.05, 3.63) is 89.7 Å². The standard InChI is InChI=1S/C27H30FN3O4S/c1-20-18-24(12-13-26(20)35-2)36(33,34)29-25(19-21-6-4-3-5-7-21)27(32)31-16-14-30(15-17-31)23-10-8-22(28)9-11-23/h3-13,18,25,29H,14-17,19H2,1-2H3/t25-/m1/s1. The summed E-state index contributed by atoms with van der Waals surface area (Å²) in [6, 6.07) is 19.3. The number of hydrogen-bond donors (Lipinski definition) is 1. The Balaban J connectivity index is 1.52. The molecule has 36 heavy (non-hydrogen) atoms. The van der Waals surface area contributed by atoms with Gasteiger partial charge in [-0.25, -0.2) is 12.8 Å². The van der Waals surface area contributed by atoms with Crippen LogP contribution >= 0.6 is 0 Å². The van der Waals surface area contributed by atoms with Crippen molar-refractivity contribution in [2.75, 3.05) is 38.2 Å². The zero-order valence-corrected chi connectivity index (χ0v) is 21.2. The zero-order valence-electron chi connectivity index (χ0n) is 20.4. The van der Waals surface area contributed by atoms with Gasteiger partial charge in [0.05, 0.1) is 12.0 Å². The number of benzene rings is 3. The minimum Gasteiger partial charge on any atom is -0.496 e. The molecule has 3 aromatic rings. The van der Waals surface area contributed by atoms with Crippen LogP contribution in [-0.4, -0.2) is 58.6 Å². The number of hydrogen-bond acceptors (Lipinski definition) is 5. The van der Waals surface area contributed by atoms with E-state index in [2.05, 4.69) is 9.62 Å². The Morgan fingerprint density at radius 2 is 1.67 bits per heavy atom. The Morgan fingerprint density at radius 3 is 2.28 bits per heavy atom.